The maximum absolute atomic E-state index is 12.8. The molecule has 5 N–H and O–H groups in total. The van der Waals surface area contributed by atoms with Gasteiger partial charge in [0, 0.05) is 48.9 Å². The van der Waals surface area contributed by atoms with Crippen LogP contribution in [-0.4, -0.2) is 72.8 Å². The number of Topliss-reactive ketones (excluding diaryl/α,β-unsaturated/α-hetero) is 1. The lowest BCUT2D eigenvalue weighted by molar-refractivity contribution is -0.218. The number of rotatable bonds is 14. The number of hydrogen-bond acceptors (Lipinski definition) is 8. The number of ether oxygens (including phenoxy) is 1. The van der Waals surface area contributed by atoms with Crippen LogP contribution in [0.3, 0.4) is 0 Å². The number of carbonyl (C=O) groups excluding carboxylic acids is 2. The highest BCUT2D eigenvalue weighted by atomic mass is 16.6. The van der Waals surface area contributed by atoms with Gasteiger partial charge in [-0.25, -0.2) is 0 Å². The van der Waals surface area contributed by atoms with Gasteiger partial charge in [-0.3, -0.25) is 14.4 Å². The molecule has 4 rings (SSSR count). The second-order valence-electron chi connectivity index (χ2n) is 14.7. The molecular formula is C36H58O9. The lowest BCUT2D eigenvalue weighted by atomic mass is 9.59. The summed E-state index contributed by atoms with van der Waals surface area (Å²) in [6.45, 7) is 10.2. The van der Waals surface area contributed by atoms with Crippen molar-refractivity contribution in [1.82, 2.24) is 0 Å². The smallest absolute Gasteiger partial charge is 0.303 e. The van der Waals surface area contributed by atoms with Crippen molar-refractivity contribution in [2.24, 2.45) is 29.1 Å². The van der Waals surface area contributed by atoms with Crippen molar-refractivity contribution in [1.29, 1.82) is 0 Å². The first-order chi connectivity index (χ1) is 21.1. The Bertz CT molecular complexity index is 1140. The largest absolute Gasteiger partial charge is 0.481 e. The third kappa shape index (κ3) is 6.97. The van der Waals surface area contributed by atoms with E-state index < -0.39 is 69.7 Å². The number of unbranched alkanes of at least 4 members (excludes halogenated alkanes) is 10. The molecular weight excluding hydrogens is 576 g/mol. The first-order valence-corrected chi connectivity index (χ1v) is 17.1. The molecule has 9 heteroatoms. The van der Waals surface area contributed by atoms with Crippen molar-refractivity contribution in [3.05, 3.63) is 23.3 Å². The zero-order valence-corrected chi connectivity index (χ0v) is 28.3. The molecule has 0 bridgehead atoms. The van der Waals surface area contributed by atoms with Crippen molar-refractivity contribution in [3.63, 3.8) is 0 Å². The number of fused-ring (bicyclic) bond motifs is 5. The average molecular weight is 635 g/mol. The molecule has 0 spiro atoms. The zero-order chi connectivity index (χ0) is 33.8. The van der Waals surface area contributed by atoms with Gasteiger partial charge in [0.25, 0.3) is 0 Å². The molecule has 9 nitrogen and oxygen atoms in total. The number of aliphatic hydroxyl groups excluding tert-OH is 2. The van der Waals surface area contributed by atoms with Gasteiger partial charge in [-0.05, 0) is 24.5 Å². The normalized spacial score (nSPS) is 35.9. The Morgan fingerprint density at radius 3 is 1.98 bits per heavy atom. The molecule has 0 unspecified atom stereocenters. The highest BCUT2D eigenvalue weighted by molar-refractivity contribution is 6.04. The van der Waals surface area contributed by atoms with Gasteiger partial charge in [0.2, 0.25) is 0 Å². The average Bonchev–Trinajstić information content (AvgIpc) is 3.40. The summed E-state index contributed by atoms with van der Waals surface area (Å²) in [4.78, 5) is 35.0. The van der Waals surface area contributed by atoms with Crippen LogP contribution in [0.5, 0.6) is 0 Å². The first-order valence-electron chi connectivity index (χ1n) is 17.1. The van der Waals surface area contributed by atoms with E-state index in [0.717, 1.165) is 12.8 Å². The van der Waals surface area contributed by atoms with E-state index in [1.807, 2.05) is 13.8 Å². The van der Waals surface area contributed by atoms with Crippen LogP contribution in [0.25, 0.3) is 0 Å². The Morgan fingerprint density at radius 1 is 0.956 bits per heavy atom. The van der Waals surface area contributed by atoms with Gasteiger partial charge >= 0.3 is 11.9 Å². The highest BCUT2D eigenvalue weighted by Crippen LogP contribution is 2.76. The molecule has 0 aromatic rings. The zero-order valence-electron chi connectivity index (χ0n) is 28.3. The van der Waals surface area contributed by atoms with E-state index in [1.54, 1.807) is 26.0 Å². The predicted molar refractivity (Wildman–Crippen MR) is 171 cm³/mol. The SMILES string of the molecule is CC(=O)O[C@@]12[C@H](O)[C@@H](C)[C@@]3(O)[C@@H](C=C(CO)C[C@]4(O)C(=O)C(C)=C[C@@H]34)[C@@H]1C2(C)C.CCCCCCCCCCCCCC(=O)O. The van der Waals surface area contributed by atoms with Gasteiger partial charge < -0.3 is 30.3 Å². The van der Waals surface area contributed by atoms with Crippen molar-refractivity contribution in [3.8, 4) is 0 Å². The number of ketones is 1. The number of aliphatic carboxylic acids is 1. The van der Waals surface area contributed by atoms with Crippen LogP contribution in [0.1, 0.15) is 125 Å². The summed E-state index contributed by atoms with van der Waals surface area (Å²) < 4.78 is 5.70. The summed E-state index contributed by atoms with van der Waals surface area (Å²) in [5.74, 6) is -4.43. The van der Waals surface area contributed by atoms with E-state index in [4.69, 9.17) is 9.84 Å². The fourth-order valence-corrected chi connectivity index (χ4v) is 8.85. The van der Waals surface area contributed by atoms with Crippen molar-refractivity contribution in [2.45, 2.75) is 148 Å². The standard InChI is InChI=1S/C22H30O7.C14H28O2/c1-10-6-15-20(27,17(10)25)8-13(9-23)7-14-16-19(4,5)22(16,29-12(3)24)18(26)11(2)21(14,15)28;1-2-3-4-5-6-7-8-9-10-11-12-13-14(15)16/h6-7,11,14-16,18,23,26-28H,8-9H2,1-5H3;2-13H2,1H3,(H,15,16)/t11-,14+,15-,16-,18-,20-,21-,22-;/m1./s1. The molecule has 0 aromatic heterocycles. The number of carboxylic acid groups (broad SMARTS) is 1. The van der Waals surface area contributed by atoms with Crippen LogP contribution >= 0.6 is 0 Å². The molecule has 0 amide bonds. The molecule has 4 aliphatic rings. The molecule has 0 aromatic carbocycles. The second-order valence-corrected chi connectivity index (χ2v) is 14.7. The fourth-order valence-electron chi connectivity index (χ4n) is 8.85. The van der Waals surface area contributed by atoms with Gasteiger partial charge in [-0.1, -0.05) is 104 Å². The lowest BCUT2D eigenvalue weighted by Gasteiger charge is -2.52. The molecule has 2 fully saturated rings. The van der Waals surface area contributed by atoms with E-state index in [-0.39, 0.29) is 13.0 Å². The van der Waals surface area contributed by atoms with E-state index >= 15 is 0 Å². The van der Waals surface area contributed by atoms with Gasteiger partial charge in [-0.15, -0.1) is 0 Å². The van der Waals surface area contributed by atoms with Crippen LogP contribution in [0.2, 0.25) is 0 Å². The summed E-state index contributed by atoms with van der Waals surface area (Å²) >= 11 is 0. The van der Waals surface area contributed by atoms with Crippen LogP contribution < -0.4 is 0 Å². The molecule has 256 valence electrons. The Labute approximate surface area is 269 Å². The molecule has 45 heavy (non-hydrogen) atoms. The van der Waals surface area contributed by atoms with Crippen molar-refractivity contribution >= 4 is 17.7 Å². The third-order valence-corrected chi connectivity index (χ3v) is 11.3. The summed E-state index contributed by atoms with van der Waals surface area (Å²) in [6, 6.07) is 0. The van der Waals surface area contributed by atoms with Crippen LogP contribution in [0.4, 0.5) is 0 Å². The first kappa shape index (κ1) is 37.4. The minimum absolute atomic E-state index is 0.0871. The topological polar surface area (TPSA) is 162 Å². The van der Waals surface area contributed by atoms with Crippen molar-refractivity contribution < 1.29 is 44.7 Å². The fraction of sp³-hybridized carbons (Fsp3) is 0.806. The quantitative estimate of drug-likeness (QED) is 0.0973. The summed E-state index contributed by atoms with van der Waals surface area (Å²) in [6.07, 6.45) is 16.4. The molecule has 0 saturated heterocycles. The Kier molecular flexibility index (Phi) is 12.3. The Morgan fingerprint density at radius 2 is 1.49 bits per heavy atom. The molecule has 8 atom stereocenters. The summed E-state index contributed by atoms with van der Waals surface area (Å²) in [5, 5.41) is 53.1. The highest BCUT2D eigenvalue weighted by Gasteiger charge is 2.86. The number of carbonyl (C=O) groups is 3. The van der Waals surface area contributed by atoms with Crippen LogP contribution in [0.15, 0.2) is 23.3 Å². The number of aliphatic hydroxyl groups is 4. The summed E-state index contributed by atoms with van der Waals surface area (Å²) in [5.41, 5.74) is -4.52. The van der Waals surface area contributed by atoms with Crippen LogP contribution in [-0.2, 0) is 19.1 Å². The van der Waals surface area contributed by atoms with Crippen LogP contribution in [0, 0.1) is 29.1 Å². The molecule has 0 heterocycles. The number of carboxylic acids is 1. The number of esters is 1. The van der Waals surface area contributed by atoms with Gasteiger partial charge in [-0.2, -0.15) is 0 Å². The summed E-state index contributed by atoms with van der Waals surface area (Å²) in [7, 11) is 0. The minimum Gasteiger partial charge on any atom is -0.481 e. The Balaban J connectivity index is 0.000000296. The van der Waals surface area contributed by atoms with Crippen molar-refractivity contribution in [2.75, 3.05) is 6.61 Å². The maximum atomic E-state index is 12.8. The van der Waals surface area contributed by atoms with E-state index in [9.17, 15) is 34.8 Å². The molecule has 2 saturated carbocycles. The van der Waals surface area contributed by atoms with Gasteiger partial charge in [0.05, 0.1) is 18.3 Å². The second kappa shape index (κ2) is 14.8. The minimum atomic E-state index is -1.88. The third-order valence-electron chi connectivity index (χ3n) is 11.3. The molecule has 0 radical (unpaired) electrons. The monoisotopic (exact) mass is 634 g/mol. The predicted octanol–water partition coefficient (Wildman–Crippen LogP) is 5.27. The lowest BCUT2D eigenvalue weighted by Crippen LogP contribution is -2.65. The molecule has 0 aliphatic heterocycles. The number of hydrogen-bond donors (Lipinski definition) is 5. The maximum Gasteiger partial charge on any atom is 0.303 e. The molecule has 4 aliphatic carbocycles. The van der Waals surface area contributed by atoms with E-state index in [0.29, 0.717) is 17.6 Å². The van der Waals surface area contributed by atoms with E-state index in [1.165, 1.54) is 64.7 Å². The van der Waals surface area contributed by atoms with E-state index in [2.05, 4.69) is 6.92 Å². The Hall–Kier alpha value is -2.07. The van der Waals surface area contributed by atoms with Gasteiger partial charge in [0.15, 0.2) is 5.78 Å². The van der Waals surface area contributed by atoms with Gasteiger partial charge in [0.1, 0.15) is 11.2 Å².